The summed E-state index contributed by atoms with van der Waals surface area (Å²) in [5.41, 5.74) is 3.49. The summed E-state index contributed by atoms with van der Waals surface area (Å²) in [6.07, 6.45) is 5.71. The van der Waals surface area contributed by atoms with Crippen molar-refractivity contribution in [3.8, 4) is 5.75 Å². The van der Waals surface area contributed by atoms with E-state index in [1.54, 1.807) is 7.11 Å². The second-order valence-electron chi connectivity index (χ2n) is 5.46. The number of methoxy groups -OCH3 is 1. The van der Waals surface area contributed by atoms with Crippen LogP contribution >= 0.6 is 0 Å². The third-order valence-electron chi connectivity index (χ3n) is 3.92. The van der Waals surface area contributed by atoms with Gasteiger partial charge in [0.05, 0.1) is 12.8 Å². The molecule has 0 radical (unpaired) electrons. The first kappa shape index (κ1) is 19.5. The van der Waals surface area contributed by atoms with E-state index in [9.17, 15) is 0 Å². The molecule has 0 aromatic heterocycles. The Labute approximate surface area is 152 Å². The summed E-state index contributed by atoms with van der Waals surface area (Å²) in [6, 6.07) is 4.30. The molecule has 0 fully saturated rings. The first-order valence-corrected chi connectivity index (χ1v) is 7.53. The van der Waals surface area contributed by atoms with Gasteiger partial charge in [0.1, 0.15) is 5.75 Å². The van der Waals surface area contributed by atoms with Crippen molar-refractivity contribution in [2.45, 2.75) is 5.92 Å². The van der Waals surface area contributed by atoms with Crippen molar-refractivity contribution >= 4 is 11.4 Å². The standard InChI is InChI=1S/C19H25N2O.Li/c1-6-9-20(10-7-2)16-12-17-15(4)14-21(11-8-3)19(17)18(13-16)22-5;/h6-8,12-13,15H,1-4,9-11,14H2,5H3;/q-1;+1. The number of fused-ring (bicyclic) bond motifs is 1. The summed E-state index contributed by atoms with van der Waals surface area (Å²) in [5.74, 6) is 1.12. The average Bonchev–Trinajstić information content (AvgIpc) is 2.83. The number of nitrogens with zero attached hydrogens (tertiary/aromatic N) is 2. The Morgan fingerprint density at radius 2 is 1.91 bits per heavy atom. The number of benzene rings is 1. The molecule has 0 N–H and O–H groups in total. The molecule has 1 aliphatic rings. The average molecular weight is 304 g/mol. The van der Waals surface area contributed by atoms with Crippen molar-refractivity contribution in [2.24, 2.45) is 0 Å². The van der Waals surface area contributed by atoms with Crippen LogP contribution in [0.3, 0.4) is 0 Å². The van der Waals surface area contributed by atoms with E-state index in [1.807, 2.05) is 18.2 Å². The second-order valence-corrected chi connectivity index (χ2v) is 5.46. The molecule has 2 rings (SSSR count). The van der Waals surface area contributed by atoms with Crippen LogP contribution in [0.15, 0.2) is 50.1 Å². The summed E-state index contributed by atoms with van der Waals surface area (Å²) < 4.78 is 5.65. The molecule has 3 nitrogen and oxygen atoms in total. The van der Waals surface area contributed by atoms with E-state index < -0.39 is 0 Å². The molecule has 1 unspecified atom stereocenters. The third-order valence-corrected chi connectivity index (χ3v) is 3.92. The van der Waals surface area contributed by atoms with E-state index in [4.69, 9.17) is 4.74 Å². The number of hydrogen-bond acceptors (Lipinski definition) is 3. The van der Waals surface area contributed by atoms with Gasteiger partial charge in [-0.2, -0.15) is 0 Å². The Kier molecular flexibility index (Phi) is 7.55. The molecule has 0 aliphatic carbocycles. The van der Waals surface area contributed by atoms with Crippen molar-refractivity contribution in [1.82, 2.24) is 0 Å². The molecule has 0 saturated carbocycles. The zero-order chi connectivity index (χ0) is 16.1. The fraction of sp³-hybridized carbons (Fsp3) is 0.316. The van der Waals surface area contributed by atoms with Gasteiger partial charge in [0, 0.05) is 31.4 Å². The van der Waals surface area contributed by atoms with Gasteiger partial charge in [-0.15, -0.1) is 25.7 Å². The Balaban J connectivity index is 0.00000264. The third kappa shape index (κ3) is 4.05. The van der Waals surface area contributed by atoms with Crippen molar-refractivity contribution in [1.29, 1.82) is 0 Å². The van der Waals surface area contributed by atoms with Crippen LogP contribution in [0.2, 0.25) is 0 Å². The molecule has 0 saturated heterocycles. The van der Waals surface area contributed by atoms with Gasteiger partial charge in [0.25, 0.3) is 0 Å². The maximum absolute atomic E-state index is 5.65. The van der Waals surface area contributed by atoms with E-state index in [0.29, 0.717) is 0 Å². The normalized spacial score (nSPS) is 15.4. The van der Waals surface area contributed by atoms with Crippen LogP contribution in [0.4, 0.5) is 11.4 Å². The number of ether oxygens (including phenoxy) is 1. The number of anilines is 2. The maximum atomic E-state index is 5.65. The van der Waals surface area contributed by atoms with E-state index in [1.165, 1.54) is 5.56 Å². The molecule has 118 valence electrons. The van der Waals surface area contributed by atoms with E-state index >= 15 is 0 Å². The smallest absolute Gasteiger partial charge is 0.494 e. The quantitative estimate of drug-likeness (QED) is 0.401. The van der Waals surface area contributed by atoms with E-state index in [2.05, 4.69) is 48.6 Å². The van der Waals surface area contributed by atoms with Crippen LogP contribution in [0.1, 0.15) is 11.5 Å². The van der Waals surface area contributed by atoms with Crippen LogP contribution in [-0.4, -0.2) is 33.3 Å². The summed E-state index contributed by atoms with van der Waals surface area (Å²) in [4.78, 5) is 4.49. The molecule has 0 amide bonds. The Bertz CT molecular complexity index is 561. The predicted molar refractivity (Wildman–Crippen MR) is 96.1 cm³/mol. The molecule has 0 bridgehead atoms. The van der Waals surface area contributed by atoms with Gasteiger partial charge in [-0.3, -0.25) is 0 Å². The van der Waals surface area contributed by atoms with Crippen LogP contribution in [-0.2, 0) is 0 Å². The molecule has 0 spiro atoms. The Hall–Kier alpha value is -1.56. The molecular formula is C19H25LiN2O. The molecule has 4 heteroatoms. The summed E-state index contributed by atoms with van der Waals surface area (Å²) in [5, 5.41) is 0. The molecule has 1 aromatic carbocycles. The Morgan fingerprint density at radius 3 is 2.43 bits per heavy atom. The molecule has 1 atom stereocenters. The van der Waals surface area contributed by atoms with Crippen LogP contribution in [0, 0.1) is 6.92 Å². The Morgan fingerprint density at radius 1 is 1.26 bits per heavy atom. The molecule has 23 heavy (non-hydrogen) atoms. The molecular weight excluding hydrogens is 279 g/mol. The van der Waals surface area contributed by atoms with Crippen LogP contribution in [0.5, 0.6) is 5.75 Å². The monoisotopic (exact) mass is 304 g/mol. The van der Waals surface area contributed by atoms with Crippen molar-refractivity contribution in [3.05, 3.63) is 62.6 Å². The van der Waals surface area contributed by atoms with Gasteiger partial charge >= 0.3 is 18.9 Å². The number of hydrogen-bond donors (Lipinski definition) is 0. The van der Waals surface area contributed by atoms with Gasteiger partial charge in [0.15, 0.2) is 0 Å². The van der Waals surface area contributed by atoms with Gasteiger partial charge in [-0.05, 0) is 18.2 Å². The topological polar surface area (TPSA) is 15.7 Å². The minimum atomic E-state index is 0. The summed E-state index contributed by atoms with van der Waals surface area (Å²) in [7, 11) is 1.72. The van der Waals surface area contributed by atoms with Crippen molar-refractivity contribution < 1.29 is 23.6 Å². The fourth-order valence-corrected chi connectivity index (χ4v) is 2.98. The van der Waals surface area contributed by atoms with Crippen molar-refractivity contribution in [3.63, 3.8) is 0 Å². The zero-order valence-corrected chi connectivity index (χ0v) is 14.4. The first-order valence-electron chi connectivity index (χ1n) is 7.53. The van der Waals surface area contributed by atoms with Crippen LogP contribution < -0.4 is 33.4 Å². The van der Waals surface area contributed by atoms with Gasteiger partial charge in [-0.1, -0.05) is 18.2 Å². The zero-order valence-electron chi connectivity index (χ0n) is 14.4. The van der Waals surface area contributed by atoms with E-state index in [0.717, 1.165) is 43.3 Å². The largest absolute Gasteiger partial charge is 1.00 e. The molecule has 1 aromatic rings. The van der Waals surface area contributed by atoms with Crippen LogP contribution in [0.25, 0.3) is 0 Å². The SMILES string of the molecule is C=CCN(CC=C)c1cc(OC)c2c(c1)C([CH2-])CN2CC=C.[Li+]. The summed E-state index contributed by atoms with van der Waals surface area (Å²) >= 11 is 0. The van der Waals surface area contributed by atoms with E-state index in [-0.39, 0.29) is 24.8 Å². The first-order chi connectivity index (χ1) is 10.7. The minimum absolute atomic E-state index is 0. The molecule has 1 aliphatic heterocycles. The predicted octanol–water partition coefficient (Wildman–Crippen LogP) is 0.801. The minimum Gasteiger partial charge on any atom is -0.494 e. The molecule has 1 heterocycles. The number of rotatable bonds is 8. The van der Waals surface area contributed by atoms with Gasteiger partial charge in [0.2, 0.25) is 0 Å². The van der Waals surface area contributed by atoms with Crippen molar-refractivity contribution in [2.75, 3.05) is 43.1 Å². The maximum Gasteiger partial charge on any atom is 1.00 e. The summed E-state index contributed by atoms with van der Waals surface area (Å²) in [6.45, 7) is 19.0. The second kappa shape index (κ2) is 8.91. The fourth-order valence-electron chi connectivity index (χ4n) is 2.98. The van der Waals surface area contributed by atoms with Gasteiger partial charge < -0.3 is 21.5 Å². The van der Waals surface area contributed by atoms with Gasteiger partial charge in [-0.25, -0.2) is 0 Å².